The molecule has 1 aliphatic rings. The molecule has 0 amide bonds. The number of ether oxygens (including phenoxy) is 1. The normalized spacial score (nSPS) is 22.0. The first-order valence-electron chi connectivity index (χ1n) is 8.59. The molecular formula is C18H30N4O. The van der Waals surface area contributed by atoms with E-state index in [1.54, 1.807) is 7.11 Å². The molecule has 1 aromatic heterocycles. The second kappa shape index (κ2) is 8.75. The molecule has 0 aliphatic heterocycles. The van der Waals surface area contributed by atoms with Crippen LogP contribution in [0, 0.1) is 11.8 Å². The Kier molecular flexibility index (Phi) is 6.68. The van der Waals surface area contributed by atoms with Gasteiger partial charge in [-0.25, -0.2) is 4.98 Å². The molecule has 1 aromatic rings. The van der Waals surface area contributed by atoms with E-state index in [-0.39, 0.29) is 0 Å². The van der Waals surface area contributed by atoms with Crippen molar-refractivity contribution in [2.45, 2.75) is 52.1 Å². The standard InChI is InChI=1S/C18H30N4O/c1-13(2)14-8-10-15(11-9-14)22-18(19-3)20-12-16-6-5-7-17(21-16)23-4/h5-7,13-15H,8-12H2,1-4H3,(H2,19,20,22). The van der Waals surface area contributed by atoms with Gasteiger partial charge in [-0.05, 0) is 43.6 Å². The highest BCUT2D eigenvalue weighted by atomic mass is 16.5. The lowest BCUT2D eigenvalue weighted by Crippen LogP contribution is -2.44. The van der Waals surface area contributed by atoms with E-state index in [1.807, 2.05) is 25.2 Å². The van der Waals surface area contributed by atoms with Crippen LogP contribution in [0.25, 0.3) is 0 Å². The summed E-state index contributed by atoms with van der Waals surface area (Å²) in [6.45, 7) is 5.30. The Morgan fingerprint density at radius 1 is 1.30 bits per heavy atom. The van der Waals surface area contributed by atoms with Gasteiger partial charge in [0, 0.05) is 19.2 Å². The van der Waals surface area contributed by atoms with Gasteiger partial charge in [-0.15, -0.1) is 0 Å². The van der Waals surface area contributed by atoms with Crippen molar-refractivity contribution in [2.24, 2.45) is 16.8 Å². The van der Waals surface area contributed by atoms with Gasteiger partial charge >= 0.3 is 0 Å². The molecule has 2 N–H and O–H groups in total. The lowest BCUT2D eigenvalue weighted by molar-refractivity contribution is 0.250. The maximum Gasteiger partial charge on any atom is 0.213 e. The number of rotatable bonds is 5. The summed E-state index contributed by atoms with van der Waals surface area (Å²) in [5.74, 6) is 3.17. The molecule has 1 saturated carbocycles. The van der Waals surface area contributed by atoms with E-state index >= 15 is 0 Å². The largest absolute Gasteiger partial charge is 0.481 e. The van der Waals surface area contributed by atoms with Crippen LogP contribution in [0.15, 0.2) is 23.2 Å². The monoisotopic (exact) mass is 318 g/mol. The number of aromatic nitrogens is 1. The van der Waals surface area contributed by atoms with E-state index in [0.29, 0.717) is 18.5 Å². The zero-order valence-corrected chi connectivity index (χ0v) is 14.8. The minimum atomic E-state index is 0.523. The summed E-state index contributed by atoms with van der Waals surface area (Å²) in [6, 6.07) is 6.31. The molecule has 23 heavy (non-hydrogen) atoms. The first-order chi connectivity index (χ1) is 11.1. The van der Waals surface area contributed by atoms with Crippen molar-refractivity contribution in [1.82, 2.24) is 15.6 Å². The summed E-state index contributed by atoms with van der Waals surface area (Å²) in [6.07, 6.45) is 5.06. The molecule has 0 saturated heterocycles. The van der Waals surface area contributed by atoms with Crippen LogP contribution in [0.1, 0.15) is 45.2 Å². The van der Waals surface area contributed by atoms with E-state index in [1.165, 1.54) is 25.7 Å². The van der Waals surface area contributed by atoms with Crippen molar-refractivity contribution < 1.29 is 4.74 Å². The maximum atomic E-state index is 5.15. The molecule has 0 aromatic carbocycles. The van der Waals surface area contributed by atoms with E-state index in [2.05, 4.69) is 34.5 Å². The van der Waals surface area contributed by atoms with E-state index in [9.17, 15) is 0 Å². The summed E-state index contributed by atoms with van der Waals surface area (Å²) in [4.78, 5) is 8.74. The van der Waals surface area contributed by atoms with Crippen LogP contribution in [0.2, 0.25) is 0 Å². The van der Waals surface area contributed by atoms with Crippen LogP contribution in [0.4, 0.5) is 0 Å². The van der Waals surface area contributed by atoms with Gasteiger partial charge in [-0.3, -0.25) is 4.99 Å². The predicted molar refractivity (Wildman–Crippen MR) is 94.7 cm³/mol. The first kappa shape index (κ1) is 17.6. The molecule has 1 aliphatic carbocycles. The highest BCUT2D eigenvalue weighted by Crippen LogP contribution is 2.29. The van der Waals surface area contributed by atoms with Gasteiger partial charge in [-0.1, -0.05) is 19.9 Å². The predicted octanol–water partition coefficient (Wildman–Crippen LogP) is 2.97. The molecule has 5 nitrogen and oxygen atoms in total. The molecule has 1 fully saturated rings. The molecule has 0 unspecified atom stereocenters. The average molecular weight is 318 g/mol. The summed E-state index contributed by atoms with van der Waals surface area (Å²) in [7, 11) is 3.45. The molecule has 5 heteroatoms. The molecule has 0 radical (unpaired) electrons. The minimum Gasteiger partial charge on any atom is -0.481 e. The number of methoxy groups -OCH3 is 1. The fraction of sp³-hybridized carbons (Fsp3) is 0.667. The van der Waals surface area contributed by atoms with E-state index in [4.69, 9.17) is 4.74 Å². The highest BCUT2D eigenvalue weighted by molar-refractivity contribution is 5.79. The van der Waals surface area contributed by atoms with Crippen molar-refractivity contribution in [3.63, 3.8) is 0 Å². The first-order valence-corrected chi connectivity index (χ1v) is 8.59. The molecule has 0 spiro atoms. The Morgan fingerprint density at radius 3 is 2.65 bits per heavy atom. The zero-order chi connectivity index (χ0) is 16.7. The SMILES string of the molecule is CN=C(NCc1cccc(OC)n1)NC1CCC(C(C)C)CC1. The quantitative estimate of drug-likeness (QED) is 0.647. The second-order valence-electron chi connectivity index (χ2n) is 6.60. The van der Waals surface area contributed by atoms with Crippen LogP contribution in [0.3, 0.4) is 0 Å². The third kappa shape index (κ3) is 5.41. The van der Waals surface area contributed by atoms with Gasteiger partial charge in [0.2, 0.25) is 5.88 Å². The van der Waals surface area contributed by atoms with Crippen LogP contribution < -0.4 is 15.4 Å². The number of hydrogen-bond donors (Lipinski definition) is 2. The van der Waals surface area contributed by atoms with Gasteiger partial charge in [0.1, 0.15) is 0 Å². The van der Waals surface area contributed by atoms with Crippen molar-refractivity contribution in [1.29, 1.82) is 0 Å². The molecule has 0 atom stereocenters. The Bertz CT molecular complexity index is 507. The lowest BCUT2D eigenvalue weighted by Gasteiger charge is -2.32. The van der Waals surface area contributed by atoms with Gasteiger partial charge in [-0.2, -0.15) is 0 Å². The van der Waals surface area contributed by atoms with Crippen LogP contribution >= 0.6 is 0 Å². The highest BCUT2D eigenvalue weighted by Gasteiger charge is 2.23. The fourth-order valence-corrected chi connectivity index (χ4v) is 3.16. The van der Waals surface area contributed by atoms with Crippen LogP contribution in [0.5, 0.6) is 5.88 Å². The van der Waals surface area contributed by atoms with Gasteiger partial charge < -0.3 is 15.4 Å². The van der Waals surface area contributed by atoms with E-state index in [0.717, 1.165) is 23.5 Å². The average Bonchev–Trinajstić information content (AvgIpc) is 2.59. The van der Waals surface area contributed by atoms with Crippen molar-refractivity contribution in [3.05, 3.63) is 23.9 Å². The van der Waals surface area contributed by atoms with Crippen molar-refractivity contribution in [3.8, 4) is 5.88 Å². The van der Waals surface area contributed by atoms with Crippen molar-refractivity contribution >= 4 is 5.96 Å². The summed E-state index contributed by atoms with van der Waals surface area (Å²) >= 11 is 0. The summed E-state index contributed by atoms with van der Waals surface area (Å²) in [5.41, 5.74) is 0.941. The van der Waals surface area contributed by atoms with Crippen molar-refractivity contribution in [2.75, 3.05) is 14.2 Å². The lowest BCUT2D eigenvalue weighted by atomic mass is 9.80. The number of nitrogens with one attached hydrogen (secondary N) is 2. The molecule has 1 heterocycles. The number of hydrogen-bond acceptors (Lipinski definition) is 3. The fourth-order valence-electron chi connectivity index (χ4n) is 3.16. The molecule has 0 bridgehead atoms. The number of guanidine groups is 1. The minimum absolute atomic E-state index is 0.523. The van der Waals surface area contributed by atoms with Gasteiger partial charge in [0.25, 0.3) is 0 Å². The number of nitrogens with zero attached hydrogens (tertiary/aromatic N) is 2. The topological polar surface area (TPSA) is 58.5 Å². The summed E-state index contributed by atoms with van der Waals surface area (Å²) < 4.78 is 5.15. The number of aliphatic imine (C=N–C) groups is 1. The molecular weight excluding hydrogens is 288 g/mol. The Hall–Kier alpha value is -1.78. The Labute approximate surface area is 139 Å². The Balaban J connectivity index is 1.80. The summed E-state index contributed by atoms with van der Waals surface area (Å²) in [5, 5.41) is 6.88. The third-order valence-electron chi connectivity index (χ3n) is 4.71. The second-order valence-corrected chi connectivity index (χ2v) is 6.60. The van der Waals surface area contributed by atoms with Crippen LogP contribution in [-0.2, 0) is 6.54 Å². The molecule has 128 valence electrons. The Morgan fingerprint density at radius 2 is 2.04 bits per heavy atom. The third-order valence-corrected chi connectivity index (χ3v) is 4.71. The van der Waals surface area contributed by atoms with Gasteiger partial charge in [0.05, 0.1) is 19.3 Å². The maximum absolute atomic E-state index is 5.15. The molecule has 2 rings (SSSR count). The van der Waals surface area contributed by atoms with Crippen LogP contribution in [-0.4, -0.2) is 31.1 Å². The van der Waals surface area contributed by atoms with E-state index < -0.39 is 0 Å². The van der Waals surface area contributed by atoms with Gasteiger partial charge in [0.15, 0.2) is 5.96 Å². The zero-order valence-electron chi connectivity index (χ0n) is 14.8. The number of pyridine rings is 1. The smallest absolute Gasteiger partial charge is 0.213 e.